The number of hydrogen-bond acceptors (Lipinski definition) is 8. The highest BCUT2D eigenvalue weighted by molar-refractivity contribution is 7.98. The van der Waals surface area contributed by atoms with Crippen LogP contribution >= 0.6 is 47.0 Å². The molecule has 0 aliphatic heterocycles. The molecule has 8 heteroatoms. The molecule has 214 valence electrons. The lowest BCUT2D eigenvalue weighted by Gasteiger charge is -2.17. The number of rotatable bonds is 16. The molecule has 0 bridgehead atoms. The number of pyridine rings is 4. The number of nitrogens with zero attached hydrogens (tertiary/aromatic N) is 4. The molecule has 42 heavy (non-hydrogen) atoms. The maximum Gasteiger partial charge on any atom is 0.0308 e. The molecule has 0 saturated carbocycles. The lowest BCUT2D eigenvalue weighted by molar-refractivity contribution is 1.17. The second kappa shape index (κ2) is 17.4. The van der Waals surface area contributed by atoms with Crippen LogP contribution in [-0.4, -0.2) is 19.9 Å². The maximum absolute atomic E-state index is 4.30. The molecule has 5 aromatic rings. The standard InChI is InChI=1S/C34H34N4S4/c1-5-27(15-35-9-1)19-39-23-31-13-33(25-41-21-29-7-3-11-37-17-29)34(26-42-22-30-8-4-12-38-18-30)14-32(31)24-40-20-28-6-2-10-36-16-28/h1-18H,19-26H2. The number of thioether (sulfide) groups is 4. The van der Waals surface area contributed by atoms with Gasteiger partial charge in [0.25, 0.3) is 0 Å². The van der Waals surface area contributed by atoms with Gasteiger partial charge in [-0.2, -0.15) is 47.0 Å². The van der Waals surface area contributed by atoms with Gasteiger partial charge in [0.2, 0.25) is 0 Å². The first kappa shape index (κ1) is 30.7. The number of benzene rings is 1. The number of aromatic nitrogens is 4. The number of hydrogen-bond donors (Lipinski definition) is 0. The maximum atomic E-state index is 4.30. The van der Waals surface area contributed by atoms with E-state index in [1.165, 1.54) is 44.5 Å². The van der Waals surface area contributed by atoms with Gasteiger partial charge in [-0.05, 0) is 68.8 Å². The Morgan fingerprint density at radius 1 is 0.357 bits per heavy atom. The summed E-state index contributed by atoms with van der Waals surface area (Å²) < 4.78 is 0. The Bertz CT molecular complexity index is 1250. The molecule has 1 aromatic carbocycles. The Hall–Kier alpha value is -2.78. The lowest BCUT2D eigenvalue weighted by atomic mass is 10.0. The summed E-state index contributed by atoms with van der Waals surface area (Å²) in [5, 5.41) is 0. The minimum Gasteiger partial charge on any atom is -0.264 e. The van der Waals surface area contributed by atoms with Crippen molar-refractivity contribution in [1.29, 1.82) is 0 Å². The Morgan fingerprint density at radius 2 is 0.619 bits per heavy atom. The van der Waals surface area contributed by atoms with E-state index in [2.05, 4.69) is 56.3 Å². The zero-order chi connectivity index (χ0) is 28.7. The van der Waals surface area contributed by atoms with Crippen molar-refractivity contribution in [1.82, 2.24) is 19.9 Å². The molecule has 0 spiro atoms. The first-order valence-electron chi connectivity index (χ1n) is 13.8. The quantitative estimate of drug-likeness (QED) is 0.108. The van der Waals surface area contributed by atoms with Crippen molar-refractivity contribution >= 4 is 47.0 Å². The minimum atomic E-state index is 0.962. The summed E-state index contributed by atoms with van der Waals surface area (Å²) in [4.78, 5) is 17.2. The minimum absolute atomic E-state index is 0.962. The van der Waals surface area contributed by atoms with E-state index >= 15 is 0 Å². The molecule has 5 rings (SSSR count). The molecule has 0 aliphatic rings. The smallest absolute Gasteiger partial charge is 0.0308 e. The van der Waals surface area contributed by atoms with Crippen LogP contribution in [0.25, 0.3) is 0 Å². The largest absolute Gasteiger partial charge is 0.264 e. The first-order valence-corrected chi connectivity index (χ1v) is 18.5. The van der Waals surface area contributed by atoms with E-state index in [4.69, 9.17) is 0 Å². The summed E-state index contributed by atoms with van der Waals surface area (Å²) in [5.41, 5.74) is 10.9. The summed E-state index contributed by atoms with van der Waals surface area (Å²) in [6.45, 7) is 0. The monoisotopic (exact) mass is 626 g/mol. The molecule has 4 heterocycles. The van der Waals surface area contributed by atoms with Crippen LogP contribution < -0.4 is 0 Å². The normalized spacial score (nSPS) is 11.0. The Kier molecular flexibility index (Phi) is 12.7. The third-order valence-electron chi connectivity index (χ3n) is 6.52. The van der Waals surface area contributed by atoms with Gasteiger partial charge >= 0.3 is 0 Å². The fourth-order valence-corrected chi connectivity index (χ4v) is 8.37. The van der Waals surface area contributed by atoms with E-state index in [-0.39, 0.29) is 0 Å². The first-order chi connectivity index (χ1) is 20.8. The van der Waals surface area contributed by atoms with Gasteiger partial charge in [-0.1, -0.05) is 36.4 Å². The molecular formula is C34H34N4S4. The summed E-state index contributed by atoms with van der Waals surface area (Å²) >= 11 is 7.87. The Morgan fingerprint density at radius 3 is 0.833 bits per heavy atom. The van der Waals surface area contributed by atoms with Gasteiger partial charge in [-0.25, -0.2) is 0 Å². The molecule has 0 unspecified atom stereocenters. The molecule has 0 fully saturated rings. The van der Waals surface area contributed by atoms with E-state index in [1.54, 1.807) is 0 Å². The van der Waals surface area contributed by atoms with Crippen LogP contribution in [0.2, 0.25) is 0 Å². The summed E-state index contributed by atoms with van der Waals surface area (Å²) in [6, 6.07) is 21.7. The third kappa shape index (κ3) is 10.2. The van der Waals surface area contributed by atoms with Crippen LogP contribution in [0.4, 0.5) is 0 Å². The van der Waals surface area contributed by atoms with Gasteiger partial charge in [-0.15, -0.1) is 0 Å². The van der Waals surface area contributed by atoms with Crippen LogP contribution in [-0.2, 0) is 46.0 Å². The molecule has 0 radical (unpaired) electrons. The lowest BCUT2D eigenvalue weighted by Crippen LogP contribution is -2.01. The SMILES string of the molecule is c1cncc(CSCc2cc(CSCc3cccnc3)c(CSCc3cccnc3)cc2CSCc2cccnc2)c1. The van der Waals surface area contributed by atoms with Crippen molar-refractivity contribution in [2.45, 2.75) is 46.0 Å². The molecule has 0 aliphatic carbocycles. The van der Waals surface area contributed by atoms with E-state index in [0.29, 0.717) is 0 Å². The summed E-state index contributed by atoms with van der Waals surface area (Å²) in [6.07, 6.45) is 15.2. The molecule has 0 N–H and O–H groups in total. The van der Waals surface area contributed by atoms with Crippen molar-refractivity contribution in [3.63, 3.8) is 0 Å². The molecule has 4 nitrogen and oxygen atoms in total. The van der Waals surface area contributed by atoms with E-state index < -0.39 is 0 Å². The third-order valence-corrected chi connectivity index (χ3v) is 10.7. The average molecular weight is 627 g/mol. The van der Waals surface area contributed by atoms with Crippen molar-refractivity contribution in [3.8, 4) is 0 Å². The molecule has 0 saturated heterocycles. The Balaban J connectivity index is 1.33. The van der Waals surface area contributed by atoms with Gasteiger partial charge in [-0.3, -0.25) is 19.9 Å². The highest BCUT2D eigenvalue weighted by Gasteiger charge is 2.12. The second-order valence-electron chi connectivity index (χ2n) is 9.81. The van der Waals surface area contributed by atoms with E-state index in [1.807, 2.05) is 121 Å². The van der Waals surface area contributed by atoms with Crippen LogP contribution in [0.1, 0.15) is 44.5 Å². The zero-order valence-corrected chi connectivity index (χ0v) is 26.7. The van der Waals surface area contributed by atoms with E-state index in [9.17, 15) is 0 Å². The second-order valence-corrected chi connectivity index (χ2v) is 13.7. The zero-order valence-electron chi connectivity index (χ0n) is 23.5. The highest BCUT2D eigenvalue weighted by atomic mass is 32.2. The topological polar surface area (TPSA) is 51.6 Å². The fraction of sp³-hybridized carbons (Fsp3) is 0.235. The van der Waals surface area contributed by atoms with Gasteiger partial charge in [0.1, 0.15) is 0 Å². The predicted molar refractivity (Wildman–Crippen MR) is 183 cm³/mol. The van der Waals surface area contributed by atoms with Crippen LogP contribution in [0.15, 0.2) is 110 Å². The summed E-state index contributed by atoms with van der Waals surface area (Å²) in [5.74, 6) is 7.80. The Labute approximate surface area is 266 Å². The molecule has 0 atom stereocenters. The fourth-order valence-electron chi connectivity index (χ4n) is 4.38. The van der Waals surface area contributed by atoms with Crippen molar-refractivity contribution in [2.24, 2.45) is 0 Å². The van der Waals surface area contributed by atoms with Crippen LogP contribution in [0.5, 0.6) is 0 Å². The van der Waals surface area contributed by atoms with Crippen molar-refractivity contribution in [3.05, 3.63) is 155 Å². The van der Waals surface area contributed by atoms with Gasteiger partial charge in [0, 0.05) is 95.6 Å². The molecular weight excluding hydrogens is 593 g/mol. The van der Waals surface area contributed by atoms with Crippen molar-refractivity contribution in [2.75, 3.05) is 0 Å². The van der Waals surface area contributed by atoms with Gasteiger partial charge in [0.05, 0.1) is 0 Å². The predicted octanol–water partition coefficient (Wildman–Crippen LogP) is 9.00. The van der Waals surface area contributed by atoms with Crippen molar-refractivity contribution < 1.29 is 0 Å². The molecule has 0 amide bonds. The molecule has 4 aromatic heterocycles. The van der Waals surface area contributed by atoms with Crippen LogP contribution in [0, 0.1) is 0 Å². The van der Waals surface area contributed by atoms with Gasteiger partial charge < -0.3 is 0 Å². The van der Waals surface area contributed by atoms with Gasteiger partial charge in [0.15, 0.2) is 0 Å². The summed E-state index contributed by atoms with van der Waals surface area (Å²) in [7, 11) is 0. The van der Waals surface area contributed by atoms with E-state index in [0.717, 1.165) is 46.0 Å². The highest BCUT2D eigenvalue weighted by Crippen LogP contribution is 2.32. The van der Waals surface area contributed by atoms with Crippen LogP contribution in [0.3, 0.4) is 0 Å². The average Bonchev–Trinajstić information content (AvgIpc) is 3.04.